The van der Waals surface area contributed by atoms with Crippen LogP contribution in [0.2, 0.25) is 0 Å². The Balaban J connectivity index is 1.75. The van der Waals surface area contributed by atoms with Crippen molar-refractivity contribution in [3.8, 4) is 0 Å². The summed E-state index contributed by atoms with van der Waals surface area (Å²) in [5.74, 6) is 4.59. The van der Waals surface area contributed by atoms with Crippen LogP contribution in [0.3, 0.4) is 0 Å². The molecule has 3 atom stereocenters. The summed E-state index contributed by atoms with van der Waals surface area (Å²) in [5, 5.41) is 3.82. The Morgan fingerprint density at radius 1 is 1.33 bits per heavy atom. The van der Waals surface area contributed by atoms with Crippen LogP contribution >= 0.6 is 11.8 Å². The van der Waals surface area contributed by atoms with Crippen LogP contribution in [-0.4, -0.2) is 24.1 Å². The van der Waals surface area contributed by atoms with Gasteiger partial charge in [0.15, 0.2) is 0 Å². The van der Waals surface area contributed by atoms with Crippen molar-refractivity contribution in [3.63, 3.8) is 0 Å². The first-order chi connectivity index (χ1) is 7.07. The Labute approximate surface area is 98.8 Å². The average molecular weight is 227 g/mol. The summed E-state index contributed by atoms with van der Waals surface area (Å²) in [4.78, 5) is 0. The van der Waals surface area contributed by atoms with Crippen LogP contribution in [0.5, 0.6) is 0 Å². The molecule has 15 heavy (non-hydrogen) atoms. The topological polar surface area (TPSA) is 12.0 Å². The number of hydrogen-bond acceptors (Lipinski definition) is 2. The van der Waals surface area contributed by atoms with Crippen molar-refractivity contribution < 1.29 is 0 Å². The van der Waals surface area contributed by atoms with E-state index in [2.05, 4.69) is 37.8 Å². The summed E-state index contributed by atoms with van der Waals surface area (Å²) in [6.07, 6.45) is 4.19. The van der Waals surface area contributed by atoms with E-state index in [1.165, 1.54) is 37.3 Å². The highest BCUT2D eigenvalue weighted by molar-refractivity contribution is 7.99. The molecule has 1 aliphatic carbocycles. The van der Waals surface area contributed by atoms with E-state index in [4.69, 9.17) is 0 Å². The molecule has 0 spiro atoms. The molecule has 1 heterocycles. The molecule has 2 rings (SSSR count). The third-order valence-corrected chi connectivity index (χ3v) is 5.26. The Hall–Kier alpha value is 0.310. The van der Waals surface area contributed by atoms with Gasteiger partial charge in [0.05, 0.1) is 0 Å². The molecule has 0 radical (unpaired) electrons. The number of hydrogen-bond donors (Lipinski definition) is 1. The molecule has 3 unspecified atom stereocenters. The summed E-state index contributed by atoms with van der Waals surface area (Å²) < 4.78 is 0. The lowest BCUT2D eigenvalue weighted by Gasteiger charge is -2.20. The molecule has 2 aliphatic rings. The number of thioether (sulfide) groups is 1. The molecule has 0 bridgehead atoms. The summed E-state index contributed by atoms with van der Waals surface area (Å²) >= 11 is 2.13. The molecule has 88 valence electrons. The summed E-state index contributed by atoms with van der Waals surface area (Å²) in [7, 11) is 0. The monoisotopic (exact) mass is 227 g/mol. The maximum absolute atomic E-state index is 3.82. The van der Waals surface area contributed by atoms with E-state index in [0.29, 0.717) is 5.41 Å². The van der Waals surface area contributed by atoms with Gasteiger partial charge in [0.25, 0.3) is 0 Å². The second-order valence-electron chi connectivity index (χ2n) is 6.29. The predicted octanol–water partition coefficient (Wildman–Crippen LogP) is 3.15. The van der Waals surface area contributed by atoms with Crippen LogP contribution in [0, 0.1) is 17.3 Å². The molecule has 0 aromatic carbocycles. The highest BCUT2D eigenvalue weighted by Gasteiger charge is 2.36. The van der Waals surface area contributed by atoms with Crippen molar-refractivity contribution >= 4 is 11.8 Å². The highest BCUT2D eigenvalue weighted by atomic mass is 32.2. The first-order valence-corrected chi connectivity index (χ1v) is 7.53. The molecule has 1 N–H and O–H groups in total. The Morgan fingerprint density at radius 3 is 2.67 bits per heavy atom. The molecule has 1 nitrogen and oxygen atoms in total. The van der Waals surface area contributed by atoms with Crippen LogP contribution in [0.25, 0.3) is 0 Å². The molecule has 2 fully saturated rings. The van der Waals surface area contributed by atoms with Crippen LogP contribution in [0.1, 0.15) is 40.0 Å². The Morgan fingerprint density at radius 2 is 2.13 bits per heavy atom. The molecular formula is C13H25NS. The van der Waals surface area contributed by atoms with Gasteiger partial charge in [-0.3, -0.25) is 0 Å². The van der Waals surface area contributed by atoms with Gasteiger partial charge in [0, 0.05) is 6.04 Å². The van der Waals surface area contributed by atoms with E-state index in [0.717, 1.165) is 17.9 Å². The quantitative estimate of drug-likeness (QED) is 0.795. The van der Waals surface area contributed by atoms with Gasteiger partial charge >= 0.3 is 0 Å². The van der Waals surface area contributed by atoms with Crippen molar-refractivity contribution in [1.29, 1.82) is 0 Å². The lowest BCUT2D eigenvalue weighted by atomic mass is 9.91. The second kappa shape index (κ2) is 4.67. The van der Waals surface area contributed by atoms with Crippen LogP contribution in [0.15, 0.2) is 0 Å². The van der Waals surface area contributed by atoms with Crippen LogP contribution in [0.4, 0.5) is 0 Å². The van der Waals surface area contributed by atoms with Crippen molar-refractivity contribution in [2.24, 2.45) is 17.3 Å². The summed E-state index contributed by atoms with van der Waals surface area (Å²) in [6, 6.07) is 0.783. The average Bonchev–Trinajstić information content (AvgIpc) is 2.70. The van der Waals surface area contributed by atoms with Crippen LogP contribution < -0.4 is 5.32 Å². The van der Waals surface area contributed by atoms with Gasteiger partial charge in [0.2, 0.25) is 0 Å². The number of rotatable bonds is 3. The molecule has 2 heteroatoms. The third kappa shape index (κ3) is 3.13. The lowest BCUT2D eigenvalue weighted by Crippen LogP contribution is -2.35. The minimum Gasteiger partial charge on any atom is -0.313 e. The fourth-order valence-corrected chi connectivity index (χ4v) is 4.51. The minimum absolute atomic E-state index is 0.571. The Kier molecular flexibility index (Phi) is 3.67. The van der Waals surface area contributed by atoms with Gasteiger partial charge in [0.1, 0.15) is 0 Å². The van der Waals surface area contributed by atoms with E-state index in [9.17, 15) is 0 Å². The van der Waals surface area contributed by atoms with Gasteiger partial charge in [-0.05, 0) is 54.6 Å². The largest absolute Gasteiger partial charge is 0.313 e. The number of nitrogens with one attached hydrogen (secondary N) is 1. The van der Waals surface area contributed by atoms with Crippen molar-refractivity contribution in [1.82, 2.24) is 5.32 Å². The van der Waals surface area contributed by atoms with Crippen LogP contribution in [-0.2, 0) is 0 Å². The van der Waals surface area contributed by atoms with Gasteiger partial charge in [-0.25, -0.2) is 0 Å². The van der Waals surface area contributed by atoms with Gasteiger partial charge in [-0.15, -0.1) is 0 Å². The second-order valence-corrected chi connectivity index (χ2v) is 7.44. The fraction of sp³-hybridized carbons (Fsp3) is 1.00. The van der Waals surface area contributed by atoms with Crippen molar-refractivity contribution in [2.75, 3.05) is 18.1 Å². The maximum atomic E-state index is 3.82. The smallest absolute Gasteiger partial charge is 0.00980 e. The Bertz CT molecular complexity index is 209. The molecule has 0 aromatic heterocycles. The van der Waals surface area contributed by atoms with E-state index in [1.807, 2.05) is 0 Å². The van der Waals surface area contributed by atoms with Gasteiger partial charge in [-0.2, -0.15) is 11.8 Å². The zero-order chi connectivity index (χ0) is 10.9. The van der Waals surface area contributed by atoms with E-state index < -0.39 is 0 Å². The molecule has 0 amide bonds. The summed E-state index contributed by atoms with van der Waals surface area (Å²) in [6.45, 7) is 8.50. The molecular weight excluding hydrogens is 202 g/mol. The SMILES string of the molecule is CC1CC(C)(C)CC1NCC1CCSC1. The summed E-state index contributed by atoms with van der Waals surface area (Å²) in [5.41, 5.74) is 0.571. The maximum Gasteiger partial charge on any atom is 0.00980 e. The fourth-order valence-electron chi connectivity index (χ4n) is 3.23. The lowest BCUT2D eigenvalue weighted by molar-refractivity contribution is 0.358. The zero-order valence-corrected chi connectivity index (χ0v) is 11.2. The molecule has 0 aromatic rings. The van der Waals surface area contributed by atoms with Crippen molar-refractivity contribution in [2.45, 2.75) is 46.1 Å². The third-order valence-electron chi connectivity index (χ3n) is 4.03. The normalized spacial score (nSPS) is 39.8. The zero-order valence-electron chi connectivity index (χ0n) is 10.4. The van der Waals surface area contributed by atoms with Gasteiger partial charge in [-0.1, -0.05) is 20.8 Å². The molecule has 1 aliphatic heterocycles. The first kappa shape index (κ1) is 11.8. The molecule has 1 saturated heterocycles. The van der Waals surface area contributed by atoms with E-state index in [1.54, 1.807) is 0 Å². The van der Waals surface area contributed by atoms with E-state index in [-0.39, 0.29) is 0 Å². The predicted molar refractivity (Wildman–Crippen MR) is 69.4 cm³/mol. The first-order valence-electron chi connectivity index (χ1n) is 6.38. The molecule has 1 saturated carbocycles. The standard InChI is InChI=1S/C13H25NS/c1-10-6-13(2,3)7-12(10)14-8-11-4-5-15-9-11/h10-12,14H,4-9H2,1-3H3. The van der Waals surface area contributed by atoms with Crippen molar-refractivity contribution in [3.05, 3.63) is 0 Å². The minimum atomic E-state index is 0.571. The highest BCUT2D eigenvalue weighted by Crippen LogP contribution is 2.40. The van der Waals surface area contributed by atoms with E-state index >= 15 is 0 Å². The van der Waals surface area contributed by atoms with Gasteiger partial charge < -0.3 is 5.32 Å².